The van der Waals surface area contributed by atoms with Gasteiger partial charge in [0.2, 0.25) is 0 Å². The third-order valence-corrected chi connectivity index (χ3v) is 3.95. The van der Waals surface area contributed by atoms with Crippen LogP contribution in [0.4, 0.5) is 0 Å². The Labute approximate surface area is 128 Å². The van der Waals surface area contributed by atoms with E-state index >= 15 is 0 Å². The number of benzene rings is 1. The number of para-hydroxylation sites is 1. The molecular formula is C16H17ClN4. The first-order valence-electron chi connectivity index (χ1n) is 6.95. The summed E-state index contributed by atoms with van der Waals surface area (Å²) in [6, 6.07) is 10.4. The summed E-state index contributed by atoms with van der Waals surface area (Å²) in [4.78, 5) is 8.74. The number of hydrogen-bond donors (Lipinski definition) is 1. The van der Waals surface area contributed by atoms with Crippen LogP contribution in [0, 0.1) is 0 Å². The molecule has 2 aromatic heterocycles. The molecule has 0 aliphatic rings. The molecule has 1 N–H and O–H groups in total. The van der Waals surface area contributed by atoms with Crippen LogP contribution in [-0.4, -0.2) is 21.1 Å². The van der Waals surface area contributed by atoms with Gasteiger partial charge in [0.1, 0.15) is 11.0 Å². The van der Waals surface area contributed by atoms with Crippen LogP contribution in [0.2, 0.25) is 5.15 Å². The van der Waals surface area contributed by atoms with E-state index in [1.54, 1.807) is 6.20 Å². The molecule has 0 amide bonds. The van der Waals surface area contributed by atoms with E-state index in [1.165, 1.54) is 10.9 Å². The highest BCUT2D eigenvalue weighted by Crippen LogP contribution is 2.16. The second-order valence-corrected chi connectivity index (χ2v) is 5.36. The molecular weight excluding hydrogens is 284 g/mol. The second-order valence-electron chi connectivity index (χ2n) is 4.98. The van der Waals surface area contributed by atoms with Crippen LogP contribution >= 0.6 is 11.6 Å². The maximum absolute atomic E-state index is 5.97. The lowest BCUT2D eigenvalue weighted by Gasteiger charge is -2.07. The lowest BCUT2D eigenvalue weighted by molar-refractivity contribution is 0.638. The standard InChI is InChI=1S/C16H17ClN4/c1-21-14(17)10-20-15(21)11-18-9-7-13-5-2-4-12-6-3-8-19-16(12)13/h2-6,8,10,18H,7,9,11H2,1H3. The number of hydrogen-bond acceptors (Lipinski definition) is 3. The van der Waals surface area contributed by atoms with Crippen molar-refractivity contribution in [3.63, 3.8) is 0 Å². The highest BCUT2D eigenvalue weighted by atomic mass is 35.5. The van der Waals surface area contributed by atoms with Gasteiger partial charge in [-0.2, -0.15) is 0 Å². The molecule has 21 heavy (non-hydrogen) atoms. The van der Waals surface area contributed by atoms with Crippen molar-refractivity contribution in [1.29, 1.82) is 0 Å². The summed E-state index contributed by atoms with van der Waals surface area (Å²) in [5.41, 5.74) is 2.35. The maximum Gasteiger partial charge on any atom is 0.128 e. The summed E-state index contributed by atoms with van der Waals surface area (Å²) < 4.78 is 1.88. The van der Waals surface area contributed by atoms with Gasteiger partial charge in [0.05, 0.1) is 18.3 Å². The van der Waals surface area contributed by atoms with E-state index in [1.807, 2.05) is 23.9 Å². The third kappa shape index (κ3) is 3.06. The molecule has 0 aliphatic carbocycles. The Morgan fingerprint density at radius 2 is 2.05 bits per heavy atom. The quantitative estimate of drug-likeness (QED) is 0.737. The summed E-state index contributed by atoms with van der Waals surface area (Å²) in [6.45, 7) is 1.58. The van der Waals surface area contributed by atoms with Crippen molar-refractivity contribution in [3.8, 4) is 0 Å². The van der Waals surface area contributed by atoms with Crippen LogP contribution in [0.3, 0.4) is 0 Å². The Balaban J connectivity index is 1.61. The largest absolute Gasteiger partial charge is 0.321 e. The fraction of sp³-hybridized carbons (Fsp3) is 0.250. The van der Waals surface area contributed by atoms with Crippen LogP contribution in [0.25, 0.3) is 10.9 Å². The molecule has 5 heteroatoms. The summed E-state index contributed by atoms with van der Waals surface area (Å²) in [7, 11) is 1.92. The highest BCUT2D eigenvalue weighted by Gasteiger charge is 2.04. The van der Waals surface area contributed by atoms with Gasteiger partial charge >= 0.3 is 0 Å². The minimum Gasteiger partial charge on any atom is -0.321 e. The zero-order valence-electron chi connectivity index (χ0n) is 11.9. The summed E-state index contributed by atoms with van der Waals surface area (Å²) in [5.74, 6) is 0.941. The first kappa shape index (κ1) is 14.0. The molecule has 0 spiro atoms. The van der Waals surface area contributed by atoms with Crippen molar-refractivity contribution in [1.82, 2.24) is 19.9 Å². The molecule has 108 valence electrons. The van der Waals surface area contributed by atoms with Gasteiger partial charge in [-0.05, 0) is 24.6 Å². The molecule has 0 unspecified atom stereocenters. The first-order valence-corrected chi connectivity index (χ1v) is 7.33. The van der Waals surface area contributed by atoms with E-state index in [2.05, 4.69) is 39.6 Å². The fourth-order valence-electron chi connectivity index (χ4n) is 2.38. The van der Waals surface area contributed by atoms with Crippen LogP contribution in [-0.2, 0) is 20.0 Å². The van der Waals surface area contributed by atoms with Gasteiger partial charge in [-0.3, -0.25) is 4.98 Å². The van der Waals surface area contributed by atoms with E-state index in [0.717, 1.165) is 24.3 Å². The highest BCUT2D eigenvalue weighted by molar-refractivity contribution is 6.29. The number of nitrogens with one attached hydrogen (secondary N) is 1. The summed E-state index contributed by atoms with van der Waals surface area (Å²) in [5, 5.41) is 5.24. The SMILES string of the molecule is Cn1c(Cl)cnc1CNCCc1cccc2cccnc12. The van der Waals surface area contributed by atoms with Crippen LogP contribution in [0.15, 0.2) is 42.7 Å². The topological polar surface area (TPSA) is 42.7 Å². The van der Waals surface area contributed by atoms with Crippen molar-refractivity contribution < 1.29 is 0 Å². The summed E-state index contributed by atoms with van der Waals surface area (Å²) in [6.07, 6.45) is 4.45. The van der Waals surface area contributed by atoms with Gasteiger partial charge in [-0.1, -0.05) is 35.9 Å². The number of nitrogens with zero attached hydrogens (tertiary/aromatic N) is 3. The maximum atomic E-state index is 5.97. The Morgan fingerprint density at radius 3 is 2.86 bits per heavy atom. The molecule has 3 rings (SSSR count). The molecule has 4 nitrogen and oxygen atoms in total. The predicted octanol–water partition coefficient (Wildman–Crippen LogP) is 2.95. The molecule has 0 radical (unpaired) electrons. The Kier molecular flexibility index (Phi) is 4.18. The van der Waals surface area contributed by atoms with E-state index < -0.39 is 0 Å². The van der Waals surface area contributed by atoms with Gasteiger partial charge in [-0.25, -0.2) is 4.98 Å². The molecule has 0 aliphatic heterocycles. The molecule has 0 bridgehead atoms. The van der Waals surface area contributed by atoms with Crippen molar-refractivity contribution >= 4 is 22.5 Å². The van der Waals surface area contributed by atoms with Gasteiger partial charge in [-0.15, -0.1) is 0 Å². The van der Waals surface area contributed by atoms with E-state index in [9.17, 15) is 0 Å². The number of pyridine rings is 1. The Hall–Kier alpha value is -1.91. The summed E-state index contributed by atoms with van der Waals surface area (Å²) >= 11 is 5.97. The van der Waals surface area contributed by atoms with Crippen LogP contribution in [0.5, 0.6) is 0 Å². The van der Waals surface area contributed by atoms with Crippen molar-refractivity contribution in [2.75, 3.05) is 6.54 Å². The number of rotatable bonds is 5. The third-order valence-electron chi connectivity index (χ3n) is 3.60. The molecule has 0 saturated carbocycles. The Morgan fingerprint density at radius 1 is 1.19 bits per heavy atom. The number of halogens is 1. The first-order chi connectivity index (χ1) is 10.3. The number of aromatic nitrogens is 3. The monoisotopic (exact) mass is 300 g/mol. The van der Waals surface area contributed by atoms with Crippen molar-refractivity contribution in [2.24, 2.45) is 7.05 Å². The minimum atomic E-state index is 0.657. The Bertz CT molecular complexity index is 746. The van der Waals surface area contributed by atoms with Crippen LogP contribution < -0.4 is 5.32 Å². The van der Waals surface area contributed by atoms with Gasteiger partial charge < -0.3 is 9.88 Å². The molecule has 0 fully saturated rings. The molecule has 2 heterocycles. The van der Waals surface area contributed by atoms with Gasteiger partial charge in [0.15, 0.2) is 0 Å². The predicted molar refractivity (Wildman–Crippen MR) is 85.4 cm³/mol. The lowest BCUT2D eigenvalue weighted by atomic mass is 10.1. The van der Waals surface area contributed by atoms with Gasteiger partial charge in [0, 0.05) is 18.6 Å². The number of imidazole rings is 1. The second kappa shape index (κ2) is 6.24. The van der Waals surface area contributed by atoms with E-state index in [0.29, 0.717) is 11.7 Å². The molecule has 0 saturated heterocycles. The lowest BCUT2D eigenvalue weighted by Crippen LogP contribution is -2.19. The van der Waals surface area contributed by atoms with Crippen LogP contribution in [0.1, 0.15) is 11.4 Å². The normalized spacial score (nSPS) is 11.1. The minimum absolute atomic E-state index is 0.657. The van der Waals surface area contributed by atoms with Crippen molar-refractivity contribution in [3.05, 3.63) is 59.3 Å². The van der Waals surface area contributed by atoms with Crippen molar-refractivity contribution in [2.45, 2.75) is 13.0 Å². The smallest absolute Gasteiger partial charge is 0.128 e. The molecule has 0 atom stereocenters. The fourth-order valence-corrected chi connectivity index (χ4v) is 2.53. The average molecular weight is 301 g/mol. The molecule has 1 aromatic carbocycles. The molecule has 3 aromatic rings. The zero-order valence-corrected chi connectivity index (χ0v) is 12.6. The average Bonchev–Trinajstić information content (AvgIpc) is 2.83. The van der Waals surface area contributed by atoms with Gasteiger partial charge in [0.25, 0.3) is 0 Å². The zero-order chi connectivity index (χ0) is 14.7. The van der Waals surface area contributed by atoms with E-state index in [-0.39, 0.29) is 0 Å². The number of fused-ring (bicyclic) bond motifs is 1. The van der Waals surface area contributed by atoms with E-state index in [4.69, 9.17) is 11.6 Å².